The van der Waals surface area contributed by atoms with Gasteiger partial charge in [-0.05, 0) is 30.2 Å². The van der Waals surface area contributed by atoms with Crippen molar-refractivity contribution in [3.05, 3.63) is 29.3 Å². The Morgan fingerprint density at radius 1 is 1.37 bits per heavy atom. The van der Waals surface area contributed by atoms with Crippen LogP contribution in [0.3, 0.4) is 0 Å². The molecule has 0 bridgehead atoms. The lowest BCUT2D eigenvalue weighted by Gasteiger charge is -2.20. The lowest BCUT2D eigenvalue weighted by Crippen LogP contribution is -2.33. The van der Waals surface area contributed by atoms with Gasteiger partial charge in [-0.25, -0.2) is 8.42 Å². The van der Waals surface area contributed by atoms with E-state index in [-0.39, 0.29) is 0 Å². The normalized spacial score (nSPS) is 12.1. The van der Waals surface area contributed by atoms with E-state index < -0.39 is 10.0 Å². The number of likely N-dealkylation sites (N-methyl/N-ethyl adjacent to an activating group) is 1. The van der Waals surface area contributed by atoms with E-state index in [1.807, 2.05) is 13.8 Å². The van der Waals surface area contributed by atoms with Gasteiger partial charge in [0.1, 0.15) is 0 Å². The van der Waals surface area contributed by atoms with Crippen LogP contribution in [0.4, 0.5) is 0 Å². The van der Waals surface area contributed by atoms with E-state index in [0.29, 0.717) is 31.1 Å². The van der Waals surface area contributed by atoms with Gasteiger partial charge < -0.3 is 10.5 Å². The van der Waals surface area contributed by atoms with Gasteiger partial charge in [0.25, 0.3) is 0 Å². The topological polar surface area (TPSA) is 72.6 Å². The van der Waals surface area contributed by atoms with Crippen molar-refractivity contribution >= 4 is 10.0 Å². The highest BCUT2D eigenvalue weighted by molar-refractivity contribution is 7.89. The Morgan fingerprint density at radius 2 is 2.05 bits per heavy atom. The minimum atomic E-state index is -3.46. The van der Waals surface area contributed by atoms with Gasteiger partial charge >= 0.3 is 0 Å². The highest BCUT2D eigenvalue weighted by atomic mass is 32.2. The average Bonchev–Trinajstić information content (AvgIpc) is 2.39. The van der Waals surface area contributed by atoms with Gasteiger partial charge in [0.2, 0.25) is 10.0 Å². The van der Waals surface area contributed by atoms with Crippen LogP contribution in [-0.4, -0.2) is 39.5 Å². The van der Waals surface area contributed by atoms with Crippen molar-refractivity contribution in [3.8, 4) is 0 Å². The molecule has 0 radical (unpaired) electrons. The monoisotopic (exact) mass is 286 g/mol. The first kappa shape index (κ1) is 16.1. The van der Waals surface area contributed by atoms with Gasteiger partial charge in [0, 0.05) is 26.7 Å². The second kappa shape index (κ2) is 7.00. The summed E-state index contributed by atoms with van der Waals surface area (Å²) in [4.78, 5) is 0.306. The molecule has 0 saturated heterocycles. The Morgan fingerprint density at radius 3 is 2.53 bits per heavy atom. The summed E-state index contributed by atoms with van der Waals surface area (Å²) in [6.07, 6.45) is 0. The summed E-state index contributed by atoms with van der Waals surface area (Å²) in [5.74, 6) is 0. The van der Waals surface area contributed by atoms with E-state index >= 15 is 0 Å². The number of nitrogens with two attached hydrogens (primary N) is 1. The molecule has 2 N–H and O–H groups in total. The Kier molecular flexibility index (Phi) is 5.93. The Labute approximate surface area is 115 Å². The van der Waals surface area contributed by atoms with Crippen LogP contribution in [0.15, 0.2) is 23.1 Å². The summed E-state index contributed by atoms with van der Waals surface area (Å²) >= 11 is 0. The van der Waals surface area contributed by atoms with Gasteiger partial charge in [-0.3, -0.25) is 0 Å². The first-order valence-electron chi connectivity index (χ1n) is 6.26. The summed E-state index contributed by atoms with van der Waals surface area (Å²) in [6.45, 7) is 5.25. The van der Waals surface area contributed by atoms with Gasteiger partial charge in [-0.15, -0.1) is 0 Å². The molecule has 0 aliphatic rings. The van der Waals surface area contributed by atoms with Crippen LogP contribution < -0.4 is 5.73 Å². The maximum atomic E-state index is 12.5. The summed E-state index contributed by atoms with van der Waals surface area (Å²) < 4.78 is 31.3. The molecule has 0 spiro atoms. The number of hydrogen-bond acceptors (Lipinski definition) is 4. The molecule has 6 heteroatoms. The largest absolute Gasteiger partial charge is 0.383 e. The quantitative estimate of drug-likeness (QED) is 0.815. The van der Waals surface area contributed by atoms with Crippen LogP contribution in [0.25, 0.3) is 0 Å². The molecule has 0 aromatic heterocycles. The number of methoxy groups -OCH3 is 1. The summed E-state index contributed by atoms with van der Waals surface area (Å²) in [7, 11) is -1.90. The zero-order chi connectivity index (χ0) is 14.5. The van der Waals surface area contributed by atoms with E-state index in [1.165, 1.54) is 4.31 Å². The molecule has 1 aromatic carbocycles. The third-order valence-corrected chi connectivity index (χ3v) is 5.04. The third-order valence-electron chi connectivity index (χ3n) is 3.07. The van der Waals surface area contributed by atoms with Crippen LogP contribution in [0.1, 0.15) is 18.1 Å². The van der Waals surface area contributed by atoms with E-state index in [0.717, 1.165) is 11.1 Å². The molecule has 0 unspecified atom stereocenters. The molecule has 5 nitrogen and oxygen atoms in total. The van der Waals surface area contributed by atoms with Crippen molar-refractivity contribution in [3.63, 3.8) is 0 Å². The molecule has 19 heavy (non-hydrogen) atoms. The smallest absolute Gasteiger partial charge is 0.243 e. The average molecular weight is 286 g/mol. The Hall–Kier alpha value is -0.950. The zero-order valence-corrected chi connectivity index (χ0v) is 12.5. The number of hydrogen-bond donors (Lipinski definition) is 1. The predicted molar refractivity (Wildman–Crippen MR) is 75.4 cm³/mol. The van der Waals surface area contributed by atoms with E-state index in [2.05, 4.69) is 0 Å². The first-order chi connectivity index (χ1) is 8.97. The van der Waals surface area contributed by atoms with Gasteiger partial charge in [0.05, 0.1) is 11.5 Å². The number of rotatable bonds is 7. The predicted octanol–water partition coefficient (Wildman–Crippen LogP) is 1.11. The Bertz CT molecular complexity index is 515. The van der Waals surface area contributed by atoms with E-state index in [1.54, 1.807) is 25.3 Å². The standard InChI is InChI=1S/C13H22N2O3S/c1-4-15(7-8-18-3)19(16,17)13-6-5-12(10-14)11(2)9-13/h5-6,9H,4,7-8,10,14H2,1-3H3. The van der Waals surface area contributed by atoms with Gasteiger partial charge in [0.15, 0.2) is 0 Å². The molecule has 0 fully saturated rings. The third kappa shape index (κ3) is 3.76. The number of aryl methyl sites for hydroxylation is 1. The Balaban J connectivity index is 3.07. The molecule has 0 atom stereocenters. The van der Waals surface area contributed by atoms with Crippen molar-refractivity contribution in [1.82, 2.24) is 4.31 Å². The van der Waals surface area contributed by atoms with E-state index in [4.69, 9.17) is 10.5 Å². The van der Waals surface area contributed by atoms with Crippen molar-refractivity contribution in [2.75, 3.05) is 26.8 Å². The molecule has 0 aliphatic heterocycles. The maximum Gasteiger partial charge on any atom is 0.243 e. The van der Waals surface area contributed by atoms with E-state index in [9.17, 15) is 8.42 Å². The second-order valence-electron chi connectivity index (χ2n) is 4.28. The summed E-state index contributed by atoms with van der Waals surface area (Å²) in [5.41, 5.74) is 7.44. The fourth-order valence-electron chi connectivity index (χ4n) is 1.85. The molecular weight excluding hydrogens is 264 g/mol. The van der Waals surface area contributed by atoms with Crippen molar-refractivity contribution in [2.45, 2.75) is 25.3 Å². The summed E-state index contributed by atoms with van der Waals surface area (Å²) in [6, 6.07) is 5.05. The van der Waals surface area contributed by atoms with Crippen molar-refractivity contribution < 1.29 is 13.2 Å². The minimum absolute atomic E-state index is 0.306. The van der Waals surface area contributed by atoms with Crippen LogP contribution in [-0.2, 0) is 21.3 Å². The number of benzene rings is 1. The highest BCUT2D eigenvalue weighted by Gasteiger charge is 2.23. The molecule has 0 saturated carbocycles. The fourth-order valence-corrected chi connectivity index (χ4v) is 3.37. The SMILES string of the molecule is CCN(CCOC)S(=O)(=O)c1ccc(CN)c(C)c1. The molecule has 0 amide bonds. The second-order valence-corrected chi connectivity index (χ2v) is 6.22. The number of nitrogens with zero attached hydrogens (tertiary/aromatic N) is 1. The molecule has 0 aliphatic carbocycles. The van der Waals surface area contributed by atoms with Crippen LogP contribution in [0, 0.1) is 6.92 Å². The van der Waals surface area contributed by atoms with Gasteiger partial charge in [-0.1, -0.05) is 13.0 Å². The molecule has 1 aromatic rings. The first-order valence-corrected chi connectivity index (χ1v) is 7.70. The van der Waals surface area contributed by atoms with Gasteiger partial charge in [-0.2, -0.15) is 4.31 Å². The number of sulfonamides is 1. The van der Waals surface area contributed by atoms with Crippen LogP contribution in [0.2, 0.25) is 0 Å². The maximum absolute atomic E-state index is 12.5. The fraction of sp³-hybridized carbons (Fsp3) is 0.538. The van der Waals surface area contributed by atoms with Crippen LogP contribution >= 0.6 is 0 Å². The van der Waals surface area contributed by atoms with Crippen molar-refractivity contribution in [1.29, 1.82) is 0 Å². The molecular formula is C13H22N2O3S. The lowest BCUT2D eigenvalue weighted by molar-refractivity contribution is 0.180. The minimum Gasteiger partial charge on any atom is -0.383 e. The van der Waals surface area contributed by atoms with Crippen LogP contribution in [0.5, 0.6) is 0 Å². The molecule has 108 valence electrons. The molecule has 1 rings (SSSR count). The number of ether oxygens (including phenoxy) is 1. The summed E-state index contributed by atoms with van der Waals surface area (Å²) in [5, 5.41) is 0. The van der Waals surface area contributed by atoms with Crippen molar-refractivity contribution in [2.24, 2.45) is 5.73 Å². The zero-order valence-electron chi connectivity index (χ0n) is 11.7. The highest BCUT2D eigenvalue weighted by Crippen LogP contribution is 2.19. The lowest BCUT2D eigenvalue weighted by atomic mass is 10.1. The molecule has 0 heterocycles.